The van der Waals surface area contributed by atoms with E-state index in [0.717, 1.165) is 4.47 Å². The number of hydrogen-bond acceptors (Lipinski definition) is 2. The molecule has 0 spiro atoms. The third kappa shape index (κ3) is 2.96. The summed E-state index contributed by atoms with van der Waals surface area (Å²) in [5.74, 6) is -0.976. The van der Waals surface area contributed by atoms with E-state index in [-0.39, 0.29) is 12.2 Å². The van der Waals surface area contributed by atoms with Crippen LogP contribution in [0.4, 0.5) is 0 Å². The third-order valence-corrected chi connectivity index (χ3v) is 2.18. The molecule has 0 aliphatic carbocycles. The normalized spacial score (nSPS) is 9.86. The number of aliphatic carboxylic acids is 1. The Balaban J connectivity index is 3.07. The highest BCUT2D eigenvalue weighted by Crippen LogP contribution is 2.16. The van der Waals surface area contributed by atoms with Gasteiger partial charge in [-0.2, -0.15) is 0 Å². The van der Waals surface area contributed by atoms with Gasteiger partial charge in [-0.1, -0.05) is 15.9 Å². The molecule has 1 rings (SSSR count). The minimum atomic E-state index is -0.905. The zero-order valence-corrected chi connectivity index (χ0v) is 9.17. The van der Waals surface area contributed by atoms with E-state index < -0.39 is 5.97 Å². The molecule has 0 unspecified atom stereocenters. The zero-order chi connectivity index (χ0) is 10.7. The number of carbonyl (C=O) groups is 2. The van der Waals surface area contributed by atoms with Crippen LogP contribution in [0.25, 0.3) is 0 Å². The molecule has 4 heteroatoms. The van der Waals surface area contributed by atoms with Gasteiger partial charge < -0.3 is 5.11 Å². The number of benzene rings is 1. The van der Waals surface area contributed by atoms with Crippen molar-refractivity contribution >= 4 is 27.7 Å². The largest absolute Gasteiger partial charge is 0.481 e. The number of Topliss-reactive ketones (excluding diaryl/α,β-unsaturated/α-hetero) is 1. The summed E-state index contributed by atoms with van der Waals surface area (Å²) in [7, 11) is 0. The molecule has 0 aliphatic heterocycles. The predicted octanol–water partition coefficient (Wildman–Crippen LogP) is 2.28. The molecule has 0 fully saturated rings. The van der Waals surface area contributed by atoms with Crippen LogP contribution in [0, 0.1) is 0 Å². The molecule has 0 aromatic heterocycles. The standard InChI is InChI=1S/C10H9BrO3/c1-6(12)8-2-7(4-10(13)14)3-9(11)5-8/h2-3,5H,4H2,1H3,(H,13,14). The summed E-state index contributed by atoms with van der Waals surface area (Å²) in [5, 5.41) is 8.59. The van der Waals surface area contributed by atoms with Crippen molar-refractivity contribution in [3.05, 3.63) is 33.8 Å². The van der Waals surface area contributed by atoms with Gasteiger partial charge in [0.2, 0.25) is 0 Å². The SMILES string of the molecule is CC(=O)c1cc(Br)cc(CC(=O)O)c1. The molecule has 0 saturated carbocycles. The van der Waals surface area contributed by atoms with Crippen molar-refractivity contribution in [1.29, 1.82) is 0 Å². The number of carboxylic acids is 1. The van der Waals surface area contributed by atoms with Crippen LogP contribution in [0.5, 0.6) is 0 Å². The van der Waals surface area contributed by atoms with Crippen molar-refractivity contribution < 1.29 is 14.7 Å². The molecular weight excluding hydrogens is 248 g/mol. The fraction of sp³-hybridized carbons (Fsp3) is 0.200. The highest BCUT2D eigenvalue weighted by Gasteiger charge is 2.06. The van der Waals surface area contributed by atoms with Gasteiger partial charge in [0.05, 0.1) is 6.42 Å². The molecule has 74 valence electrons. The van der Waals surface area contributed by atoms with Crippen molar-refractivity contribution in [1.82, 2.24) is 0 Å². The molecule has 3 nitrogen and oxygen atoms in total. The maximum absolute atomic E-state index is 11.1. The third-order valence-electron chi connectivity index (χ3n) is 1.72. The van der Waals surface area contributed by atoms with Crippen molar-refractivity contribution in [2.24, 2.45) is 0 Å². The van der Waals surface area contributed by atoms with Crippen molar-refractivity contribution in [2.75, 3.05) is 0 Å². The minimum absolute atomic E-state index is 0.0697. The second-order valence-corrected chi connectivity index (χ2v) is 3.89. The van der Waals surface area contributed by atoms with Crippen LogP contribution in [-0.4, -0.2) is 16.9 Å². The van der Waals surface area contributed by atoms with Gasteiger partial charge in [0, 0.05) is 10.0 Å². The Bertz CT molecular complexity index is 385. The highest BCUT2D eigenvalue weighted by atomic mass is 79.9. The lowest BCUT2D eigenvalue weighted by atomic mass is 10.1. The first-order valence-corrected chi connectivity index (χ1v) is 4.80. The number of halogens is 1. The maximum Gasteiger partial charge on any atom is 0.307 e. The molecule has 0 atom stereocenters. The number of carboxylic acid groups (broad SMARTS) is 1. The summed E-state index contributed by atoms with van der Waals surface area (Å²) >= 11 is 3.23. The van der Waals surface area contributed by atoms with Crippen molar-refractivity contribution in [3.63, 3.8) is 0 Å². The van der Waals surface area contributed by atoms with E-state index in [1.165, 1.54) is 6.92 Å². The van der Waals surface area contributed by atoms with E-state index >= 15 is 0 Å². The van der Waals surface area contributed by atoms with Crippen molar-refractivity contribution in [2.45, 2.75) is 13.3 Å². The Kier molecular flexibility index (Phi) is 3.41. The van der Waals surface area contributed by atoms with Gasteiger partial charge in [-0.05, 0) is 30.7 Å². The Labute approximate surface area is 89.9 Å². The number of rotatable bonds is 3. The first-order chi connectivity index (χ1) is 6.49. The average molecular weight is 257 g/mol. The monoisotopic (exact) mass is 256 g/mol. The molecule has 0 bridgehead atoms. The van der Waals surface area contributed by atoms with Gasteiger partial charge in [-0.3, -0.25) is 9.59 Å². The zero-order valence-electron chi connectivity index (χ0n) is 7.58. The quantitative estimate of drug-likeness (QED) is 0.845. The molecule has 0 radical (unpaired) electrons. The Morgan fingerprint density at radius 1 is 1.36 bits per heavy atom. The first-order valence-electron chi connectivity index (χ1n) is 4.01. The van der Waals surface area contributed by atoms with E-state index in [1.54, 1.807) is 18.2 Å². The number of carbonyl (C=O) groups excluding carboxylic acids is 1. The molecule has 0 aliphatic rings. The number of ketones is 1. The van der Waals surface area contributed by atoms with E-state index in [9.17, 15) is 9.59 Å². The Hall–Kier alpha value is -1.16. The fourth-order valence-electron chi connectivity index (χ4n) is 1.13. The smallest absolute Gasteiger partial charge is 0.307 e. The molecule has 1 N–H and O–H groups in total. The summed E-state index contributed by atoms with van der Waals surface area (Å²) in [5.41, 5.74) is 1.15. The molecule has 14 heavy (non-hydrogen) atoms. The Morgan fingerprint density at radius 2 is 2.00 bits per heavy atom. The van der Waals surface area contributed by atoms with Crippen LogP contribution < -0.4 is 0 Å². The first kappa shape index (κ1) is 10.9. The van der Waals surface area contributed by atoms with E-state index in [2.05, 4.69) is 15.9 Å². The van der Waals surface area contributed by atoms with Gasteiger partial charge >= 0.3 is 5.97 Å². The predicted molar refractivity (Wildman–Crippen MR) is 55.5 cm³/mol. The molecule has 1 aromatic rings. The van der Waals surface area contributed by atoms with Crippen LogP contribution in [0.2, 0.25) is 0 Å². The Morgan fingerprint density at radius 3 is 2.50 bits per heavy atom. The van der Waals surface area contributed by atoms with Gasteiger partial charge in [0.15, 0.2) is 5.78 Å². The topological polar surface area (TPSA) is 54.4 Å². The van der Waals surface area contributed by atoms with Crippen LogP contribution in [0.3, 0.4) is 0 Å². The summed E-state index contributed by atoms with van der Waals surface area (Å²) in [6.45, 7) is 1.45. The molecular formula is C10H9BrO3. The van der Waals surface area contributed by atoms with Gasteiger partial charge in [-0.15, -0.1) is 0 Å². The molecule has 1 aromatic carbocycles. The summed E-state index contributed by atoms with van der Waals surface area (Å²) in [4.78, 5) is 21.5. The molecule has 0 amide bonds. The van der Waals surface area contributed by atoms with Gasteiger partial charge in [0.25, 0.3) is 0 Å². The lowest BCUT2D eigenvalue weighted by molar-refractivity contribution is -0.136. The van der Waals surface area contributed by atoms with E-state index in [4.69, 9.17) is 5.11 Å². The van der Waals surface area contributed by atoms with Gasteiger partial charge in [-0.25, -0.2) is 0 Å². The second kappa shape index (κ2) is 4.37. The summed E-state index contributed by atoms with van der Waals surface area (Å²) in [6.07, 6.45) is -0.0697. The van der Waals surface area contributed by atoms with Crippen molar-refractivity contribution in [3.8, 4) is 0 Å². The summed E-state index contributed by atoms with van der Waals surface area (Å²) < 4.78 is 0.724. The second-order valence-electron chi connectivity index (χ2n) is 2.97. The maximum atomic E-state index is 11.1. The molecule has 0 heterocycles. The van der Waals surface area contributed by atoms with Crippen LogP contribution in [-0.2, 0) is 11.2 Å². The summed E-state index contributed by atoms with van der Waals surface area (Å²) in [6, 6.07) is 4.97. The van der Waals surface area contributed by atoms with Crippen LogP contribution in [0.15, 0.2) is 22.7 Å². The highest BCUT2D eigenvalue weighted by molar-refractivity contribution is 9.10. The minimum Gasteiger partial charge on any atom is -0.481 e. The molecule has 0 saturated heterocycles. The number of hydrogen-bond donors (Lipinski definition) is 1. The fourth-order valence-corrected chi connectivity index (χ4v) is 1.67. The van der Waals surface area contributed by atoms with Crippen LogP contribution in [0.1, 0.15) is 22.8 Å². The van der Waals surface area contributed by atoms with Crippen LogP contribution >= 0.6 is 15.9 Å². The van der Waals surface area contributed by atoms with E-state index in [0.29, 0.717) is 11.1 Å². The van der Waals surface area contributed by atoms with E-state index in [1.807, 2.05) is 0 Å². The lowest BCUT2D eigenvalue weighted by Crippen LogP contribution is -2.02. The van der Waals surface area contributed by atoms with Gasteiger partial charge in [0.1, 0.15) is 0 Å². The average Bonchev–Trinajstić information content (AvgIpc) is 2.01. The lowest BCUT2D eigenvalue weighted by Gasteiger charge is -2.02.